The number of esters is 1. The standard InChI is InChI=1S/C24H17ClFN3O4/c1-32-20-12-10-19(11-13-20)29-23(16-4-8-18(26)9-5-16)27-22(28-29)24(31)33-14-21(30)15-2-6-17(25)7-3-15/h2-13H,14H2,1H3. The molecule has 33 heavy (non-hydrogen) atoms. The summed E-state index contributed by atoms with van der Waals surface area (Å²) in [6, 6.07) is 18.8. The van der Waals surface area contributed by atoms with Gasteiger partial charge in [0.1, 0.15) is 11.6 Å². The van der Waals surface area contributed by atoms with Crippen molar-refractivity contribution in [2.45, 2.75) is 0 Å². The molecule has 4 rings (SSSR count). The molecule has 0 bridgehead atoms. The second kappa shape index (κ2) is 9.62. The lowest BCUT2D eigenvalue weighted by Crippen LogP contribution is -2.15. The van der Waals surface area contributed by atoms with Gasteiger partial charge < -0.3 is 9.47 Å². The fraction of sp³-hybridized carbons (Fsp3) is 0.0833. The molecule has 0 aliphatic carbocycles. The number of hydrogen-bond acceptors (Lipinski definition) is 6. The zero-order valence-corrected chi connectivity index (χ0v) is 18.1. The summed E-state index contributed by atoms with van der Waals surface area (Å²) in [4.78, 5) is 29.2. The van der Waals surface area contributed by atoms with Crippen LogP contribution in [-0.4, -0.2) is 40.2 Å². The van der Waals surface area contributed by atoms with Crippen LogP contribution in [0.3, 0.4) is 0 Å². The van der Waals surface area contributed by atoms with Crippen LogP contribution in [0.2, 0.25) is 5.02 Å². The number of aromatic nitrogens is 3. The third-order valence-corrected chi connectivity index (χ3v) is 4.96. The van der Waals surface area contributed by atoms with Crippen LogP contribution >= 0.6 is 11.6 Å². The molecule has 4 aromatic rings. The number of hydrogen-bond donors (Lipinski definition) is 0. The molecule has 166 valence electrons. The van der Waals surface area contributed by atoms with Crippen LogP contribution in [0.1, 0.15) is 21.0 Å². The molecule has 0 N–H and O–H groups in total. The van der Waals surface area contributed by atoms with Gasteiger partial charge in [-0.3, -0.25) is 4.79 Å². The molecular weight excluding hydrogens is 449 g/mol. The van der Waals surface area contributed by atoms with Crippen LogP contribution in [0.15, 0.2) is 72.8 Å². The Labute approximate surface area is 193 Å². The van der Waals surface area contributed by atoms with E-state index in [-0.39, 0.29) is 5.82 Å². The largest absolute Gasteiger partial charge is 0.497 e. The Morgan fingerprint density at radius 1 is 0.970 bits per heavy atom. The first-order valence-corrected chi connectivity index (χ1v) is 10.2. The highest BCUT2D eigenvalue weighted by Crippen LogP contribution is 2.23. The summed E-state index contributed by atoms with van der Waals surface area (Å²) in [7, 11) is 1.55. The predicted octanol–water partition coefficient (Wildman–Crippen LogP) is 4.78. The third kappa shape index (κ3) is 5.07. The quantitative estimate of drug-likeness (QED) is 0.288. The molecule has 0 saturated heterocycles. The number of ether oxygens (including phenoxy) is 2. The van der Waals surface area contributed by atoms with Gasteiger partial charge in [-0.15, -0.1) is 5.10 Å². The predicted molar refractivity (Wildman–Crippen MR) is 119 cm³/mol. The normalized spacial score (nSPS) is 10.6. The van der Waals surface area contributed by atoms with Crippen molar-refractivity contribution in [2.75, 3.05) is 13.7 Å². The average molecular weight is 466 g/mol. The van der Waals surface area contributed by atoms with E-state index < -0.39 is 24.2 Å². The Morgan fingerprint density at radius 3 is 2.27 bits per heavy atom. The molecular formula is C24H17ClFN3O4. The van der Waals surface area contributed by atoms with Crippen molar-refractivity contribution in [2.24, 2.45) is 0 Å². The topological polar surface area (TPSA) is 83.3 Å². The molecule has 0 spiro atoms. The summed E-state index contributed by atoms with van der Waals surface area (Å²) in [5.41, 5.74) is 1.49. The molecule has 3 aromatic carbocycles. The Hall–Kier alpha value is -4.04. The van der Waals surface area contributed by atoms with Gasteiger partial charge in [0, 0.05) is 16.1 Å². The fourth-order valence-electron chi connectivity index (χ4n) is 3.00. The highest BCUT2D eigenvalue weighted by molar-refractivity contribution is 6.30. The van der Waals surface area contributed by atoms with E-state index in [1.807, 2.05) is 0 Å². The number of Topliss-reactive ketones (excluding diaryl/α,β-unsaturated/α-hetero) is 1. The minimum absolute atomic E-state index is 0.242. The minimum Gasteiger partial charge on any atom is -0.497 e. The van der Waals surface area contributed by atoms with E-state index in [4.69, 9.17) is 21.1 Å². The van der Waals surface area contributed by atoms with Gasteiger partial charge in [-0.05, 0) is 72.8 Å². The number of ketones is 1. The second-order valence-corrected chi connectivity index (χ2v) is 7.32. The monoisotopic (exact) mass is 465 g/mol. The van der Waals surface area contributed by atoms with E-state index in [1.54, 1.807) is 55.6 Å². The Balaban J connectivity index is 1.61. The molecule has 0 aliphatic heterocycles. The Morgan fingerprint density at radius 2 is 1.64 bits per heavy atom. The molecule has 1 aromatic heterocycles. The molecule has 1 heterocycles. The number of benzene rings is 3. The molecule has 0 aliphatic rings. The molecule has 0 atom stereocenters. The molecule has 0 saturated carbocycles. The maximum Gasteiger partial charge on any atom is 0.378 e. The van der Waals surface area contributed by atoms with Crippen LogP contribution in [0.4, 0.5) is 4.39 Å². The van der Waals surface area contributed by atoms with Gasteiger partial charge >= 0.3 is 5.97 Å². The summed E-state index contributed by atoms with van der Waals surface area (Å²) in [6.45, 7) is -0.483. The fourth-order valence-corrected chi connectivity index (χ4v) is 3.13. The molecule has 7 nitrogen and oxygen atoms in total. The number of nitrogens with zero attached hydrogens (tertiary/aromatic N) is 3. The molecule has 0 unspecified atom stereocenters. The highest BCUT2D eigenvalue weighted by Gasteiger charge is 2.21. The maximum atomic E-state index is 13.4. The van der Waals surface area contributed by atoms with Gasteiger partial charge in [0.25, 0.3) is 5.82 Å². The molecule has 0 fully saturated rings. The molecule has 0 amide bonds. The SMILES string of the molecule is COc1ccc(-n2nc(C(=O)OCC(=O)c3ccc(Cl)cc3)nc2-c2ccc(F)cc2)cc1. The molecule has 0 radical (unpaired) electrons. The van der Waals surface area contributed by atoms with Gasteiger partial charge in [-0.1, -0.05) is 11.6 Å². The maximum absolute atomic E-state index is 13.4. The van der Waals surface area contributed by atoms with Crippen molar-refractivity contribution in [3.05, 3.63) is 95.0 Å². The number of carbonyl (C=O) groups is 2. The van der Waals surface area contributed by atoms with E-state index in [2.05, 4.69) is 10.1 Å². The summed E-state index contributed by atoms with van der Waals surface area (Å²) in [5.74, 6) is -0.969. The zero-order valence-electron chi connectivity index (χ0n) is 17.4. The van der Waals surface area contributed by atoms with Gasteiger partial charge in [-0.2, -0.15) is 0 Å². The lowest BCUT2D eigenvalue weighted by atomic mass is 10.1. The summed E-state index contributed by atoms with van der Waals surface area (Å²) >= 11 is 5.82. The van der Waals surface area contributed by atoms with Crippen molar-refractivity contribution in [1.82, 2.24) is 14.8 Å². The summed E-state index contributed by atoms with van der Waals surface area (Å²) in [6.07, 6.45) is 0. The van der Waals surface area contributed by atoms with Crippen molar-refractivity contribution in [3.8, 4) is 22.8 Å². The first kappa shape index (κ1) is 22.2. The number of halogens is 2. The summed E-state index contributed by atoms with van der Waals surface area (Å²) in [5, 5.41) is 4.76. The van der Waals surface area contributed by atoms with Gasteiger partial charge in [0.05, 0.1) is 12.8 Å². The van der Waals surface area contributed by atoms with Gasteiger partial charge in [0.2, 0.25) is 0 Å². The van der Waals surface area contributed by atoms with Crippen molar-refractivity contribution < 1.29 is 23.5 Å². The number of rotatable bonds is 7. The van der Waals surface area contributed by atoms with Gasteiger partial charge in [0.15, 0.2) is 18.2 Å². The lowest BCUT2D eigenvalue weighted by Gasteiger charge is -2.07. The van der Waals surface area contributed by atoms with Gasteiger partial charge in [-0.25, -0.2) is 18.9 Å². The van der Waals surface area contributed by atoms with Crippen LogP contribution in [0, 0.1) is 5.82 Å². The van der Waals surface area contributed by atoms with Crippen molar-refractivity contribution >= 4 is 23.4 Å². The third-order valence-electron chi connectivity index (χ3n) is 4.71. The van der Waals surface area contributed by atoms with E-state index in [0.29, 0.717) is 33.4 Å². The zero-order chi connectivity index (χ0) is 23.4. The number of methoxy groups -OCH3 is 1. The van der Waals surface area contributed by atoms with Crippen LogP contribution in [-0.2, 0) is 4.74 Å². The minimum atomic E-state index is -0.868. The summed E-state index contributed by atoms with van der Waals surface area (Å²) < 4.78 is 25.1. The Bertz CT molecular complexity index is 1290. The highest BCUT2D eigenvalue weighted by atomic mass is 35.5. The van der Waals surface area contributed by atoms with Crippen molar-refractivity contribution in [3.63, 3.8) is 0 Å². The lowest BCUT2D eigenvalue weighted by molar-refractivity contribution is 0.0462. The average Bonchev–Trinajstić information content (AvgIpc) is 3.29. The number of carbonyl (C=O) groups excluding carboxylic acids is 2. The van der Waals surface area contributed by atoms with E-state index in [9.17, 15) is 14.0 Å². The first-order chi connectivity index (χ1) is 15.9. The van der Waals surface area contributed by atoms with E-state index >= 15 is 0 Å². The van der Waals surface area contributed by atoms with E-state index in [1.165, 1.54) is 28.9 Å². The van der Waals surface area contributed by atoms with E-state index in [0.717, 1.165) is 0 Å². The van der Waals surface area contributed by atoms with Crippen LogP contribution in [0.25, 0.3) is 17.1 Å². The first-order valence-electron chi connectivity index (χ1n) is 9.78. The smallest absolute Gasteiger partial charge is 0.378 e. The molecule has 9 heteroatoms. The van der Waals surface area contributed by atoms with Crippen LogP contribution < -0.4 is 4.74 Å². The Kier molecular flexibility index (Phi) is 6.46. The second-order valence-electron chi connectivity index (χ2n) is 6.88. The van der Waals surface area contributed by atoms with Crippen LogP contribution in [0.5, 0.6) is 5.75 Å². The van der Waals surface area contributed by atoms with Crippen molar-refractivity contribution in [1.29, 1.82) is 0 Å².